The summed E-state index contributed by atoms with van der Waals surface area (Å²) in [6, 6.07) is 0.261. The molecule has 1 fully saturated rings. The second-order valence-electron chi connectivity index (χ2n) is 5.36. The van der Waals surface area contributed by atoms with E-state index in [4.69, 9.17) is 4.52 Å². The first-order valence-electron chi connectivity index (χ1n) is 7.11. The van der Waals surface area contributed by atoms with Gasteiger partial charge in [-0.15, -0.1) is 0 Å². The summed E-state index contributed by atoms with van der Waals surface area (Å²) in [6.07, 6.45) is 1.09. The van der Waals surface area contributed by atoms with Gasteiger partial charge in [-0.2, -0.15) is 18.2 Å². The minimum atomic E-state index is -4.34. The summed E-state index contributed by atoms with van der Waals surface area (Å²) in [5, 5.41) is 6.90. The average molecular weight is 307 g/mol. The van der Waals surface area contributed by atoms with Gasteiger partial charge in [0, 0.05) is 12.5 Å². The van der Waals surface area contributed by atoms with E-state index in [2.05, 4.69) is 20.2 Å². The highest BCUT2D eigenvalue weighted by atomic mass is 19.4. The monoisotopic (exact) mass is 307 g/mol. The molecule has 1 aromatic rings. The summed E-state index contributed by atoms with van der Waals surface area (Å²) in [7, 11) is 1.90. The maximum Gasteiger partial charge on any atom is 0.411 e. The third-order valence-electron chi connectivity index (χ3n) is 3.74. The molecule has 2 rings (SSSR count). The van der Waals surface area contributed by atoms with Crippen LogP contribution in [0.4, 0.5) is 13.2 Å². The van der Waals surface area contributed by atoms with Crippen molar-refractivity contribution >= 4 is 0 Å². The van der Waals surface area contributed by atoms with E-state index in [0.717, 1.165) is 0 Å². The van der Waals surface area contributed by atoms with E-state index >= 15 is 0 Å². The zero-order chi connectivity index (χ0) is 15.3. The van der Waals surface area contributed by atoms with Crippen LogP contribution in [0.5, 0.6) is 0 Å². The van der Waals surface area contributed by atoms with E-state index in [-0.39, 0.29) is 18.5 Å². The molecule has 1 atom stereocenters. The second-order valence-corrected chi connectivity index (χ2v) is 5.36. The zero-order valence-corrected chi connectivity index (χ0v) is 11.9. The second kappa shape index (κ2) is 7.22. The van der Waals surface area contributed by atoms with Crippen molar-refractivity contribution < 1.29 is 22.4 Å². The topological polar surface area (TPSA) is 60.2 Å². The van der Waals surface area contributed by atoms with E-state index in [9.17, 15) is 13.2 Å². The van der Waals surface area contributed by atoms with Crippen LogP contribution in [0.15, 0.2) is 4.52 Å². The van der Waals surface area contributed by atoms with Crippen LogP contribution in [0.1, 0.15) is 37.4 Å². The van der Waals surface area contributed by atoms with E-state index in [1.807, 2.05) is 7.05 Å². The van der Waals surface area contributed by atoms with E-state index in [1.54, 1.807) is 0 Å². The van der Waals surface area contributed by atoms with Crippen LogP contribution in [-0.4, -0.2) is 36.0 Å². The molecule has 0 saturated heterocycles. The van der Waals surface area contributed by atoms with Gasteiger partial charge in [0.2, 0.25) is 5.89 Å². The van der Waals surface area contributed by atoms with Crippen LogP contribution in [0.2, 0.25) is 0 Å². The highest BCUT2D eigenvalue weighted by Crippen LogP contribution is 2.28. The van der Waals surface area contributed by atoms with Crippen LogP contribution in [0.25, 0.3) is 0 Å². The number of rotatable bonds is 7. The Morgan fingerprint density at radius 3 is 2.71 bits per heavy atom. The van der Waals surface area contributed by atoms with Gasteiger partial charge in [-0.3, -0.25) is 0 Å². The number of nitrogens with one attached hydrogen (secondary N) is 1. The number of alkyl halides is 3. The van der Waals surface area contributed by atoms with Gasteiger partial charge >= 0.3 is 6.18 Å². The van der Waals surface area contributed by atoms with Crippen LogP contribution in [0.3, 0.4) is 0 Å². The van der Waals surface area contributed by atoms with Crippen molar-refractivity contribution in [2.24, 2.45) is 5.92 Å². The molecule has 1 aliphatic carbocycles. The Kier molecular flexibility index (Phi) is 5.58. The molecule has 1 heterocycles. The summed E-state index contributed by atoms with van der Waals surface area (Å²) in [4.78, 5) is 4.08. The molecule has 120 valence electrons. The van der Waals surface area contributed by atoms with Crippen molar-refractivity contribution in [2.75, 3.05) is 13.7 Å². The lowest BCUT2D eigenvalue weighted by Gasteiger charge is -2.20. The summed E-state index contributed by atoms with van der Waals surface area (Å²) < 4.78 is 45.4. The van der Waals surface area contributed by atoms with Gasteiger partial charge in [0.1, 0.15) is 13.2 Å². The maximum absolute atomic E-state index is 12.0. The molecule has 21 heavy (non-hydrogen) atoms. The first-order chi connectivity index (χ1) is 9.98. The fourth-order valence-electron chi connectivity index (χ4n) is 2.74. The van der Waals surface area contributed by atoms with Gasteiger partial charge in [-0.1, -0.05) is 18.0 Å². The van der Waals surface area contributed by atoms with Gasteiger partial charge in [-0.05, 0) is 25.8 Å². The molecule has 1 aromatic heterocycles. The van der Waals surface area contributed by atoms with Crippen LogP contribution < -0.4 is 5.32 Å². The number of likely N-dealkylation sites (N-methyl/N-ethyl adjacent to an activating group) is 1. The number of aromatic nitrogens is 2. The Morgan fingerprint density at radius 2 is 2.10 bits per heavy atom. The first kappa shape index (κ1) is 16.2. The average Bonchev–Trinajstić information content (AvgIpc) is 3.05. The lowest BCUT2D eigenvalue weighted by atomic mass is 9.95. The van der Waals surface area contributed by atoms with Crippen molar-refractivity contribution in [3.8, 4) is 0 Å². The molecule has 0 aromatic carbocycles. The lowest BCUT2D eigenvalue weighted by Crippen LogP contribution is -2.34. The van der Waals surface area contributed by atoms with Crippen LogP contribution >= 0.6 is 0 Å². The molecule has 0 spiro atoms. The molecule has 0 bridgehead atoms. The summed E-state index contributed by atoms with van der Waals surface area (Å²) in [6.45, 7) is -1.60. The third kappa shape index (κ3) is 5.28. The Balaban J connectivity index is 1.81. The smallest absolute Gasteiger partial charge is 0.364 e. The molecule has 5 nitrogen and oxygen atoms in total. The van der Waals surface area contributed by atoms with Gasteiger partial charge in [0.05, 0.1) is 0 Å². The van der Waals surface area contributed by atoms with Crippen LogP contribution in [-0.2, 0) is 17.8 Å². The Hall–Kier alpha value is -1.15. The molecule has 0 aliphatic heterocycles. The van der Waals surface area contributed by atoms with Crippen molar-refractivity contribution in [2.45, 2.75) is 50.9 Å². The van der Waals surface area contributed by atoms with Crippen molar-refractivity contribution in [3.63, 3.8) is 0 Å². The number of nitrogens with zero attached hydrogens (tertiary/aromatic N) is 2. The van der Waals surface area contributed by atoms with Gasteiger partial charge in [-0.25, -0.2) is 0 Å². The lowest BCUT2D eigenvalue weighted by molar-refractivity contribution is -0.177. The number of halogens is 3. The minimum Gasteiger partial charge on any atom is -0.364 e. The minimum absolute atomic E-state index is 0.149. The summed E-state index contributed by atoms with van der Waals surface area (Å²) in [5.74, 6) is 1.18. The van der Waals surface area contributed by atoms with Crippen molar-refractivity contribution in [1.82, 2.24) is 15.5 Å². The summed E-state index contributed by atoms with van der Waals surface area (Å²) in [5.41, 5.74) is 0. The predicted molar refractivity (Wildman–Crippen MR) is 68.5 cm³/mol. The Morgan fingerprint density at radius 1 is 1.38 bits per heavy atom. The van der Waals surface area contributed by atoms with Gasteiger partial charge in [0.25, 0.3) is 0 Å². The first-order valence-corrected chi connectivity index (χ1v) is 7.11. The van der Waals surface area contributed by atoms with Crippen molar-refractivity contribution in [1.29, 1.82) is 0 Å². The Labute approximate surface area is 121 Å². The molecule has 0 amide bonds. The highest BCUT2D eigenvalue weighted by Gasteiger charge is 2.28. The van der Waals surface area contributed by atoms with E-state index < -0.39 is 12.8 Å². The highest BCUT2D eigenvalue weighted by molar-refractivity contribution is 4.91. The number of ether oxygens (including phenoxy) is 1. The van der Waals surface area contributed by atoms with Crippen LogP contribution in [0, 0.1) is 5.92 Å². The molecular weight excluding hydrogens is 287 g/mol. The van der Waals surface area contributed by atoms with E-state index in [0.29, 0.717) is 18.2 Å². The molecule has 1 aliphatic rings. The normalized spacial score (nSPS) is 18.3. The summed E-state index contributed by atoms with van der Waals surface area (Å²) >= 11 is 0. The molecule has 1 N–H and O–H groups in total. The zero-order valence-electron chi connectivity index (χ0n) is 11.9. The standard InChI is InChI=1S/C13H20F3N3O2/c1-17-10(9-4-2-3-5-9)6-12-18-11(19-21-12)7-20-8-13(14,15)16/h9-10,17H,2-8H2,1H3. The quantitative estimate of drug-likeness (QED) is 0.838. The predicted octanol–water partition coefficient (Wildman–Crippen LogP) is 2.47. The molecule has 1 saturated carbocycles. The van der Waals surface area contributed by atoms with Crippen molar-refractivity contribution in [3.05, 3.63) is 11.7 Å². The maximum atomic E-state index is 12.0. The molecule has 8 heteroatoms. The molecule has 1 unspecified atom stereocenters. The molecular formula is C13H20F3N3O2. The van der Waals surface area contributed by atoms with E-state index in [1.165, 1.54) is 25.7 Å². The number of hydrogen-bond acceptors (Lipinski definition) is 5. The fourth-order valence-corrected chi connectivity index (χ4v) is 2.74. The fraction of sp³-hybridized carbons (Fsp3) is 0.846. The third-order valence-corrected chi connectivity index (χ3v) is 3.74. The largest absolute Gasteiger partial charge is 0.411 e. The number of hydrogen-bond donors (Lipinski definition) is 1. The molecule has 0 radical (unpaired) electrons. The Bertz CT molecular complexity index is 431. The SMILES string of the molecule is CNC(Cc1nc(COCC(F)(F)F)no1)C1CCCC1. The van der Waals surface area contributed by atoms with Gasteiger partial charge < -0.3 is 14.6 Å². The van der Waals surface area contributed by atoms with Gasteiger partial charge in [0.15, 0.2) is 5.82 Å².